The van der Waals surface area contributed by atoms with Gasteiger partial charge in [-0.1, -0.05) is 29.8 Å². The van der Waals surface area contributed by atoms with Crippen molar-refractivity contribution in [2.45, 2.75) is 12.8 Å². The highest BCUT2D eigenvalue weighted by atomic mass is 35.5. The number of aromatic nitrogens is 1. The van der Waals surface area contributed by atoms with Crippen molar-refractivity contribution in [1.29, 1.82) is 0 Å². The molecule has 0 unspecified atom stereocenters. The van der Waals surface area contributed by atoms with E-state index in [1.807, 2.05) is 0 Å². The lowest BCUT2D eigenvalue weighted by molar-refractivity contribution is -0.137. The third kappa shape index (κ3) is 3.05. The normalized spacial score (nSPS) is 11.6. The van der Waals surface area contributed by atoms with Crippen molar-refractivity contribution in [2.75, 3.05) is 0 Å². The zero-order valence-corrected chi connectivity index (χ0v) is 10.3. The lowest BCUT2D eigenvalue weighted by Crippen LogP contribution is -2.07. The molecule has 0 saturated carbocycles. The van der Waals surface area contributed by atoms with E-state index >= 15 is 0 Å². The zero-order valence-electron chi connectivity index (χ0n) is 9.58. The van der Waals surface area contributed by atoms with Crippen molar-refractivity contribution >= 4 is 11.6 Å². The predicted molar refractivity (Wildman–Crippen MR) is 65.6 cm³/mol. The summed E-state index contributed by atoms with van der Waals surface area (Å²) in [5.74, 6) is 0. The summed E-state index contributed by atoms with van der Waals surface area (Å²) in [7, 11) is 0. The largest absolute Gasteiger partial charge is 0.417 e. The number of nitrogens with zero attached hydrogens (tertiary/aromatic N) is 1. The fraction of sp³-hybridized carbons (Fsp3) is 0.154. The molecule has 0 bridgehead atoms. The SMILES string of the molecule is OCc1cc(Cl)nc(-c2ccccc2C(F)(F)F)c1. The fourth-order valence-corrected chi connectivity index (χ4v) is 1.96. The van der Waals surface area contributed by atoms with Crippen LogP contribution >= 0.6 is 11.6 Å². The van der Waals surface area contributed by atoms with Crippen molar-refractivity contribution in [2.24, 2.45) is 0 Å². The van der Waals surface area contributed by atoms with Gasteiger partial charge in [0, 0.05) is 5.56 Å². The van der Waals surface area contributed by atoms with Gasteiger partial charge in [-0.25, -0.2) is 4.98 Å². The van der Waals surface area contributed by atoms with E-state index in [2.05, 4.69) is 4.98 Å². The number of alkyl halides is 3. The number of hydrogen-bond acceptors (Lipinski definition) is 2. The monoisotopic (exact) mass is 287 g/mol. The number of halogens is 4. The van der Waals surface area contributed by atoms with E-state index in [4.69, 9.17) is 16.7 Å². The smallest absolute Gasteiger partial charge is 0.392 e. The summed E-state index contributed by atoms with van der Waals surface area (Å²) >= 11 is 5.74. The molecular weight excluding hydrogens is 279 g/mol. The second-order valence-corrected chi connectivity index (χ2v) is 4.27. The number of benzene rings is 1. The van der Waals surface area contributed by atoms with Crippen LogP contribution in [0.15, 0.2) is 36.4 Å². The molecule has 2 aromatic rings. The van der Waals surface area contributed by atoms with E-state index in [9.17, 15) is 13.2 Å². The summed E-state index contributed by atoms with van der Waals surface area (Å²) in [4.78, 5) is 3.88. The van der Waals surface area contributed by atoms with Crippen molar-refractivity contribution in [3.63, 3.8) is 0 Å². The van der Waals surface area contributed by atoms with Crippen molar-refractivity contribution in [3.8, 4) is 11.3 Å². The molecule has 0 saturated heterocycles. The van der Waals surface area contributed by atoms with Gasteiger partial charge in [-0.15, -0.1) is 0 Å². The topological polar surface area (TPSA) is 33.1 Å². The van der Waals surface area contributed by atoms with Crippen LogP contribution in [0.4, 0.5) is 13.2 Å². The second kappa shape index (κ2) is 5.19. The van der Waals surface area contributed by atoms with E-state index < -0.39 is 11.7 Å². The molecule has 0 atom stereocenters. The van der Waals surface area contributed by atoms with Gasteiger partial charge >= 0.3 is 6.18 Å². The molecule has 0 amide bonds. The Kier molecular flexibility index (Phi) is 3.78. The Bertz CT molecular complexity index is 599. The Morgan fingerprint density at radius 1 is 1.16 bits per heavy atom. The van der Waals surface area contributed by atoms with Gasteiger partial charge < -0.3 is 5.11 Å². The Hall–Kier alpha value is -1.59. The predicted octanol–water partition coefficient (Wildman–Crippen LogP) is 3.91. The summed E-state index contributed by atoms with van der Waals surface area (Å²) in [5, 5.41) is 9.09. The van der Waals surface area contributed by atoms with Crippen LogP contribution in [0.2, 0.25) is 5.15 Å². The molecule has 1 heterocycles. The molecule has 6 heteroatoms. The number of aliphatic hydroxyl groups is 1. The van der Waals surface area contributed by atoms with Crippen LogP contribution < -0.4 is 0 Å². The Balaban J connectivity index is 2.62. The van der Waals surface area contributed by atoms with Crippen molar-refractivity contribution in [1.82, 2.24) is 4.98 Å². The van der Waals surface area contributed by atoms with E-state index in [0.29, 0.717) is 5.56 Å². The molecule has 0 aliphatic carbocycles. The Labute approximate surface area is 112 Å². The maximum atomic E-state index is 12.9. The van der Waals surface area contributed by atoms with Crippen LogP contribution in [0.3, 0.4) is 0 Å². The van der Waals surface area contributed by atoms with E-state index in [1.54, 1.807) is 0 Å². The fourth-order valence-electron chi connectivity index (χ4n) is 1.73. The van der Waals surface area contributed by atoms with Crippen molar-refractivity contribution in [3.05, 3.63) is 52.7 Å². The zero-order chi connectivity index (χ0) is 14.0. The molecule has 0 fully saturated rings. The third-order valence-corrected chi connectivity index (χ3v) is 2.74. The third-order valence-electron chi connectivity index (χ3n) is 2.54. The highest BCUT2D eigenvalue weighted by Gasteiger charge is 2.33. The molecule has 0 aliphatic heterocycles. The highest BCUT2D eigenvalue weighted by molar-refractivity contribution is 6.29. The minimum Gasteiger partial charge on any atom is -0.392 e. The van der Waals surface area contributed by atoms with Gasteiger partial charge in [0.1, 0.15) is 5.15 Å². The first-order valence-electron chi connectivity index (χ1n) is 5.35. The number of pyridine rings is 1. The first kappa shape index (κ1) is 13.8. The summed E-state index contributed by atoms with van der Waals surface area (Å²) in [6.07, 6.45) is -4.47. The van der Waals surface area contributed by atoms with Gasteiger partial charge in [-0.3, -0.25) is 0 Å². The van der Waals surface area contributed by atoms with Crippen LogP contribution in [0.5, 0.6) is 0 Å². The average Bonchev–Trinajstić information content (AvgIpc) is 2.37. The average molecular weight is 288 g/mol. The number of hydrogen-bond donors (Lipinski definition) is 1. The van der Waals surface area contributed by atoms with E-state index in [1.165, 1.54) is 30.3 Å². The molecule has 1 aromatic heterocycles. The molecule has 2 nitrogen and oxygen atoms in total. The molecular formula is C13H9ClF3NO. The van der Waals surface area contributed by atoms with Gasteiger partial charge in [-0.2, -0.15) is 13.2 Å². The molecule has 0 radical (unpaired) electrons. The lowest BCUT2D eigenvalue weighted by atomic mass is 10.0. The van der Waals surface area contributed by atoms with Gasteiger partial charge in [0.05, 0.1) is 17.9 Å². The van der Waals surface area contributed by atoms with Gasteiger partial charge in [0.25, 0.3) is 0 Å². The van der Waals surface area contributed by atoms with Gasteiger partial charge in [0.2, 0.25) is 0 Å². The Morgan fingerprint density at radius 2 is 1.84 bits per heavy atom. The summed E-state index contributed by atoms with van der Waals surface area (Å²) in [6, 6.07) is 7.90. The number of aliphatic hydroxyl groups excluding tert-OH is 1. The molecule has 0 aliphatic rings. The van der Waals surface area contributed by atoms with Crippen LogP contribution in [-0.2, 0) is 12.8 Å². The first-order valence-corrected chi connectivity index (χ1v) is 5.73. The van der Waals surface area contributed by atoms with Crippen LogP contribution in [0, 0.1) is 0 Å². The maximum absolute atomic E-state index is 12.9. The molecule has 1 aromatic carbocycles. The molecule has 1 N–H and O–H groups in total. The maximum Gasteiger partial charge on any atom is 0.417 e. The minimum atomic E-state index is -4.47. The van der Waals surface area contributed by atoms with Crippen molar-refractivity contribution < 1.29 is 18.3 Å². The van der Waals surface area contributed by atoms with Crippen LogP contribution in [-0.4, -0.2) is 10.1 Å². The number of rotatable bonds is 2. The first-order chi connectivity index (χ1) is 8.91. The summed E-state index contributed by atoms with van der Waals surface area (Å²) in [6.45, 7) is -0.316. The van der Waals surface area contributed by atoms with Gasteiger partial charge in [-0.05, 0) is 23.8 Å². The summed E-state index contributed by atoms with van der Waals surface area (Å²) < 4.78 is 38.7. The summed E-state index contributed by atoms with van der Waals surface area (Å²) in [5.41, 5.74) is -0.350. The van der Waals surface area contributed by atoms with Crippen LogP contribution in [0.25, 0.3) is 11.3 Å². The standard InChI is InChI=1S/C13H9ClF3NO/c14-12-6-8(7-19)5-11(18-12)9-3-1-2-4-10(9)13(15,16)17/h1-6,19H,7H2. The second-order valence-electron chi connectivity index (χ2n) is 3.88. The Morgan fingerprint density at radius 3 is 2.47 bits per heavy atom. The van der Waals surface area contributed by atoms with E-state index in [-0.39, 0.29) is 23.0 Å². The quantitative estimate of drug-likeness (QED) is 0.850. The highest BCUT2D eigenvalue weighted by Crippen LogP contribution is 2.36. The molecule has 100 valence electrons. The van der Waals surface area contributed by atoms with Crippen LogP contribution in [0.1, 0.15) is 11.1 Å². The minimum absolute atomic E-state index is 0.0403. The molecule has 2 rings (SSSR count). The molecule has 0 spiro atoms. The van der Waals surface area contributed by atoms with Gasteiger partial charge in [0.15, 0.2) is 0 Å². The molecule has 19 heavy (non-hydrogen) atoms. The lowest BCUT2D eigenvalue weighted by Gasteiger charge is -2.13. The van der Waals surface area contributed by atoms with E-state index in [0.717, 1.165) is 6.07 Å².